The predicted octanol–water partition coefficient (Wildman–Crippen LogP) is 7.21. The highest BCUT2D eigenvalue weighted by Gasteiger charge is 2.21. The third-order valence-electron chi connectivity index (χ3n) is 6.50. The summed E-state index contributed by atoms with van der Waals surface area (Å²) in [6.45, 7) is 14.5. The van der Waals surface area contributed by atoms with E-state index in [2.05, 4.69) is 56.9 Å². The van der Waals surface area contributed by atoms with Gasteiger partial charge in [0.05, 0.1) is 0 Å². The summed E-state index contributed by atoms with van der Waals surface area (Å²) in [7, 11) is 0. The topological polar surface area (TPSA) is 29.5 Å². The van der Waals surface area contributed by atoms with Crippen LogP contribution in [0.25, 0.3) is 0 Å². The highest BCUT2D eigenvalue weighted by molar-refractivity contribution is 5.97. The molecule has 0 N–H and O–H groups in total. The molecule has 0 saturated carbocycles. The molecule has 0 fully saturated rings. The van der Waals surface area contributed by atoms with Crippen LogP contribution in [0, 0.1) is 13.8 Å². The highest BCUT2D eigenvalue weighted by atomic mass is 16.5. The first-order valence-corrected chi connectivity index (χ1v) is 12.4. The lowest BCUT2D eigenvalue weighted by atomic mass is 9.85. The molecular formula is C31H39NO2. The van der Waals surface area contributed by atoms with Gasteiger partial charge in [-0.3, -0.25) is 9.69 Å². The van der Waals surface area contributed by atoms with Crippen LogP contribution in [0.15, 0.2) is 72.8 Å². The van der Waals surface area contributed by atoms with E-state index in [9.17, 15) is 4.79 Å². The third-order valence-corrected chi connectivity index (χ3v) is 6.50. The average Bonchev–Trinajstić information content (AvgIpc) is 2.82. The number of aryl methyl sites for hydroxylation is 2. The highest BCUT2D eigenvalue weighted by Crippen LogP contribution is 2.31. The Morgan fingerprint density at radius 1 is 0.794 bits per heavy atom. The zero-order valence-electron chi connectivity index (χ0n) is 21.5. The molecule has 3 heteroatoms. The first-order valence-electron chi connectivity index (χ1n) is 12.4. The largest absolute Gasteiger partial charge is 0.492 e. The Morgan fingerprint density at radius 2 is 1.26 bits per heavy atom. The second-order valence-corrected chi connectivity index (χ2v) is 9.71. The van der Waals surface area contributed by atoms with Crippen LogP contribution in [0.3, 0.4) is 0 Å². The molecule has 0 aromatic heterocycles. The van der Waals surface area contributed by atoms with Crippen molar-refractivity contribution in [1.82, 2.24) is 4.90 Å². The van der Waals surface area contributed by atoms with E-state index in [-0.39, 0.29) is 11.7 Å². The van der Waals surface area contributed by atoms with Gasteiger partial charge in [-0.1, -0.05) is 60.7 Å². The Morgan fingerprint density at radius 3 is 1.71 bits per heavy atom. The van der Waals surface area contributed by atoms with E-state index < -0.39 is 0 Å². The van der Waals surface area contributed by atoms with E-state index in [0.29, 0.717) is 25.1 Å². The summed E-state index contributed by atoms with van der Waals surface area (Å²) in [6.07, 6.45) is 0.435. The summed E-state index contributed by atoms with van der Waals surface area (Å²) in [5.41, 5.74) is 5.11. The minimum absolute atomic E-state index is 0.0319. The van der Waals surface area contributed by atoms with Crippen LogP contribution in [-0.4, -0.2) is 35.9 Å². The Bertz CT molecular complexity index is 987. The van der Waals surface area contributed by atoms with Crippen molar-refractivity contribution in [3.8, 4) is 5.75 Å². The lowest BCUT2D eigenvalue weighted by molar-refractivity contribution is 0.0977. The minimum Gasteiger partial charge on any atom is -0.492 e. The van der Waals surface area contributed by atoms with Gasteiger partial charge in [0, 0.05) is 36.5 Å². The maximum Gasteiger partial charge on any atom is 0.163 e. The van der Waals surface area contributed by atoms with Crippen LogP contribution < -0.4 is 4.74 Å². The molecule has 0 atom stereocenters. The summed E-state index contributed by atoms with van der Waals surface area (Å²) >= 11 is 0. The minimum atomic E-state index is 0.0319. The standard InChI is InChI=1S/C31H39NO2/c1-22(2)32(23(3)4)17-18-34-31-24(5)19-28(20-25(31)6)30(33)21-29(26-13-9-7-10-14-26)27-15-11-8-12-16-27/h7-16,19-20,22-23,29H,17-18,21H2,1-6H3. The molecule has 0 amide bonds. The van der Waals surface area contributed by atoms with E-state index >= 15 is 0 Å². The van der Waals surface area contributed by atoms with E-state index in [1.807, 2.05) is 62.4 Å². The van der Waals surface area contributed by atoms with Gasteiger partial charge in [0.2, 0.25) is 0 Å². The second-order valence-electron chi connectivity index (χ2n) is 9.71. The van der Waals surface area contributed by atoms with Crippen LogP contribution >= 0.6 is 0 Å². The number of Topliss-reactive ketones (excluding diaryl/α,β-unsaturated/α-hetero) is 1. The maximum absolute atomic E-state index is 13.4. The van der Waals surface area contributed by atoms with Crippen LogP contribution in [0.4, 0.5) is 0 Å². The molecule has 0 heterocycles. The van der Waals surface area contributed by atoms with Crippen LogP contribution in [0.5, 0.6) is 5.75 Å². The summed E-state index contributed by atoms with van der Waals surface area (Å²) < 4.78 is 6.20. The molecule has 3 aromatic carbocycles. The van der Waals surface area contributed by atoms with Gasteiger partial charge in [-0.05, 0) is 75.9 Å². The Balaban J connectivity index is 1.76. The summed E-state index contributed by atoms with van der Waals surface area (Å²) in [5.74, 6) is 1.08. The molecule has 0 aliphatic rings. The van der Waals surface area contributed by atoms with Crippen molar-refractivity contribution in [2.75, 3.05) is 13.2 Å². The monoisotopic (exact) mass is 457 g/mol. The number of hydrogen-bond donors (Lipinski definition) is 0. The van der Waals surface area contributed by atoms with Crippen molar-refractivity contribution < 1.29 is 9.53 Å². The number of benzene rings is 3. The van der Waals surface area contributed by atoms with E-state index in [4.69, 9.17) is 4.74 Å². The van der Waals surface area contributed by atoms with Crippen LogP contribution in [-0.2, 0) is 0 Å². The summed E-state index contributed by atoms with van der Waals surface area (Å²) in [6, 6.07) is 25.5. The van der Waals surface area contributed by atoms with E-state index in [1.54, 1.807) is 0 Å². The fourth-order valence-corrected chi connectivity index (χ4v) is 4.81. The quantitative estimate of drug-likeness (QED) is 0.285. The van der Waals surface area contributed by atoms with Crippen molar-refractivity contribution in [3.05, 3.63) is 101 Å². The van der Waals surface area contributed by atoms with Gasteiger partial charge in [0.25, 0.3) is 0 Å². The van der Waals surface area contributed by atoms with Gasteiger partial charge in [0.15, 0.2) is 5.78 Å². The maximum atomic E-state index is 13.4. The molecule has 34 heavy (non-hydrogen) atoms. The van der Waals surface area contributed by atoms with Crippen molar-refractivity contribution in [2.24, 2.45) is 0 Å². The van der Waals surface area contributed by atoms with Gasteiger partial charge in [-0.15, -0.1) is 0 Å². The van der Waals surface area contributed by atoms with Gasteiger partial charge in [0.1, 0.15) is 12.4 Å². The molecule has 0 spiro atoms. The molecule has 0 aliphatic carbocycles. The van der Waals surface area contributed by atoms with Crippen LogP contribution in [0.1, 0.15) is 72.6 Å². The number of carbonyl (C=O) groups is 1. The summed E-state index contributed by atoms with van der Waals surface area (Å²) in [4.78, 5) is 15.8. The fourth-order valence-electron chi connectivity index (χ4n) is 4.81. The SMILES string of the molecule is Cc1cc(C(=O)CC(c2ccccc2)c2ccccc2)cc(C)c1OCCN(C(C)C)C(C)C. The molecule has 0 unspecified atom stereocenters. The molecule has 0 aliphatic heterocycles. The Hall–Kier alpha value is -2.91. The molecule has 3 aromatic rings. The number of rotatable bonds is 11. The number of hydrogen-bond acceptors (Lipinski definition) is 3. The van der Waals surface area contributed by atoms with Crippen molar-refractivity contribution >= 4 is 5.78 Å². The Labute approximate surface area is 205 Å². The first kappa shape index (κ1) is 25.7. The molecule has 3 rings (SSSR count). The predicted molar refractivity (Wildman–Crippen MR) is 142 cm³/mol. The number of carbonyl (C=O) groups excluding carboxylic acids is 1. The van der Waals surface area contributed by atoms with E-state index in [1.165, 1.54) is 0 Å². The normalized spacial score (nSPS) is 11.6. The fraction of sp³-hybridized carbons (Fsp3) is 0.387. The third kappa shape index (κ3) is 6.57. The van der Waals surface area contributed by atoms with Crippen molar-refractivity contribution in [3.63, 3.8) is 0 Å². The van der Waals surface area contributed by atoms with Crippen molar-refractivity contribution in [2.45, 2.75) is 66.0 Å². The first-order chi connectivity index (χ1) is 16.3. The Kier molecular flexibility index (Phi) is 9.06. The molecule has 3 nitrogen and oxygen atoms in total. The van der Waals surface area contributed by atoms with Gasteiger partial charge < -0.3 is 4.74 Å². The van der Waals surface area contributed by atoms with Gasteiger partial charge in [-0.2, -0.15) is 0 Å². The molecule has 0 bridgehead atoms. The number of nitrogens with zero attached hydrogens (tertiary/aromatic N) is 1. The lowest BCUT2D eigenvalue weighted by Gasteiger charge is -2.30. The molecular weight excluding hydrogens is 418 g/mol. The molecule has 180 valence electrons. The average molecular weight is 458 g/mol. The second kappa shape index (κ2) is 12.0. The molecule has 0 radical (unpaired) electrons. The van der Waals surface area contributed by atoms with E-state index in [0.717, 1.165) is 40.1 Å². The molecule has 0 saturated heterocycles. The lowest BCUT2D eigenvalue weighted by Crippen LogP contribution is -2.39. The van der Waals surface area contributed by atoms with Crippen LogP contribution in [0.2, 0.25) is 0 Å². The zero-order chi connectivity index (χ0) is 24.7. The number of ketones is 1. The zero-order valence-corrected chi connectivity index (χ0v) is 21.5. The number of ether oxygens (including phenoxy) is 1. The van der Waals surface area contributed by atoms with Gasteiger partial charge >= 0.3 is 0 Å². The van der Waals surface area contributed by atoms with Crippen molar-refractivity contribution in [1.29, 1.82) is 0 Å². The smallest absolute Gasteiger partial charge is 0.163 e. The summed E-state index contributed by atoms with van der Waals surface area (Å²) in [5, 5.41) is 0. The van der Waals surface area contributed by atoms with Gasteiger partial charge in [-0.25, -0.2) is 0 Å².